The molecule has 1 aromatic carbocycles. The molecule has 0 fully saturated rings. The lowest BCUT2D eigenvalue weighted by molar-refractivity contribution is -0.385. The molecule has 11 nitrogen and oxygen atoms in total. The molecule has 1 aromatic rings. The number of amides is 1. The Morgan fingerprint density at radius 2 is 2.20 bits per heavy atom. The summed E-state index contributed by atoms with van der Waals surface area (Å²) >= 11 is 0. The molecule has 30 heavy (non-hydrogen) atoms. The van der Waals surface area contributed by atoms with E-state index in [1.165, 1.54) is 12.1 Å². The second kappa shape index (κ2) is 11.5. The number of esters is 1. The maximum atomic E-state index is 12.2. The third-order valence-electron chi connectivity index (χ3n) is 4.76. The lowest BCUT2D eigenvalue weighted by Crippen LogP contribution is -2.32. The molecule has 1 amide bonds. The van der Waals surface area contributed by atoms with E-state index < -0.39 is 22.5 Å². The summed E-state index contributed by atoms with van der Waals surface area (Å²) in [5.74, 6) is -1.08. The molecule has 2 atom stereocenters. The predicted molar refractivity (Wildman–Crippen MR) is 109 cm³/mol. The molecule has 1 aliphatic rings. The molecule has 1 aliphatic carbocycles. The van der Waals surface area contributed by atoms with Crippen molar-refractivity contribution in [2.45, 2.75) is 38.1 Å². The lowest BCUT2D eigenvalue weighted by atomic mass is 9.88. The number of carbonyl (C=O) groups is 2. The minimum absolute atomic E-state index is 0.00352. The number of hydrogen-bond acceptors (Lipinski definition) is 7. The van der Waals surface area contributed by atoms with Crippen molar-refractivity contribution in [1.82, 2.24) is 5.32 Å². The van der Waals surface area contributed by atoms with E-state index in [0.29, 0.717) is 0 Å². The monoisotopic (exact) mass is 416 g/mol. The molecule has 0 saturated carbocycles. The highest BCUT2D eigenvalue weighted by molar-refractivity contribution is 5.98. The zero-order chi connectivity index (χ0) is 21.9. The molecular formula is C19H24N6O5. The fourth-order valence-corrected chi connectivity index (χ4v) is 3.18. The van der Waals surface area contributed by atoms with Crippen LogP contribution < -0.4 is 11.1 Å². The van der Waals surface area contributed by atoms with Crippen molar-refractivity contribution in [1.29, 1.82) is 0 Å². The molecule has 11 heteroatoms. The molecule has 0 unspecified atom stereocenters. The summed E-state index contributed by atoms with van der Waals surface area (Å²) in [6.07, 6.45) is 8.09. The van der Waals surface area contributed by atoms with Crippen molar-refractivity contribution in [2.75, 3.05) is 13.2 Å². The summed E-state index contributed by atoms with van der Waals surface area (Å²) in [4.78, 5) is 37.3. The zero-order valence-corrected chi connectivity index (χ0v) is 16.4. The summed E-state index contributed by atoms with van der Waals surface area (Å²) in [6.45, 7) is -0.0660. The second-order valence-corrected chi connectivity index (χ2v) is 6.88. The average molecular weight is 416 g/mol. The van der Waals surface area contributed by atoms with Gasteiger partial charge in [0.25, 0.3) is 11.6 Å². The van der Waals surface area contributed by atoms with Crippen LogP contribution >= 0.6 is 0 Å². The van der Waals surface area contributed by atoms with Crippen LogP contribution in [0.25, 0.3) is 10.4 Å². The van der Waals surface area contributed by atoms with E-state index in [0.717, 1.165) is 31.7 Å². The van der Waals surface area contributed by atoms with E-state index in [1.807, 2.05) is 12.2 Å². The van der Waals surface area contributed by atoms with Crippen molar-refractivity contribution in [2.24, 2.45) is 16.8 Å². The van der Waals surface area contributed by atoms with Crippen molar-refractivity contribution in [3.05, 3.63) is 56.5 Å². The molecule has 0 radical (unpaired) electrons. The minimum atomic E-state index is -0.738. The standard InChI is InChI=1S/C19H24N6O5/c20-16-6-4-2-1-3-5-13(16)11-18(26)30-10-9-22-19(27)15-8-7-14(23-24-21)12-17(15)25(28)29/h4,6-8,12-13,16H,1-3,5,9-11,20H2,(H,22,27)/b6-4+/t13-,16+/m0/s1. The van der Waals surface area contributed by atoms with Gasteiger partial charge in [0.05, 0.1) is 17.9 Å². The van der Waals surface area contributed by atoms with E-state index in [2.05, 4.69) is 15.3 Å². The van der Waals surface area contributed by atoms with E-state index in [-0.39, 0.29) is 42.8 Å². The summed E-state index contributed by atoms with van der Waals surface area (Å²) < 4.78 is 5.16. The first-order chi connectivity index (χ1) is 14.4. The van der Waals surface area contributed by atoms with Gasteiger partial charge in [-0.05, 0) is 36.8 Å². The van der Waals surface area contributed by atoms with Gasteiger partial charge in [-0.1, -0.05) is 29.8 Å². The van der Waals surface area contributed by atoms with E-state index >= 15 is 0 Å². The van der Waals surface area contributed by atoms with Gasteiger partial charge in [0.2, 0.25) is 0 Å². The molecule has 0 heterocycles. The highest BCUT2D eigenvalue weighted by Gasteiger charge is 2.22. The normalized spacial score (nSPS) is 19.5. The van der Waals surface area contributed by atoms with Crippen LogP contribution in [-0.2, 0) is 9.53 Å². The smallest absolute Gasteiger partial charge is 0.306 e. The number of azide groups is 1. The second-order valence-electron chi connectivity index (χ2n) is 6.88. The molecule has 0 saturated heterocycles. The first-order valence-electron chi connectivity index (χ1n) is 9.62. The summed E-state index contributed by atoms with van der Waals surface area (Å²) in [6, 6.07) is 3.33. The molecule has 2 rings (SSSR count). The average Bonchev–Trinajstić information content (AvgIpc) is 2.71. The Morgan fingerprint density at radius 1 is 1.40 bits per heavy atom. The predicted octanol–water partition coefficient (Wildman–Crippen LogP) is 3.27. The van der Waals surface area contributed by atoms with Crippen LogP contribution in [0, 0.1) is 16.0 Å². The highest BCUT2D eigenvalue weighted by atomic mass is 16.6. The van der Waals surface area contributed by atoms with Crippen molar-refractivity contribution in [3.8, 4) is 0 Å². The Balaban J connectivity index is 1.83. The molecule has 0 spiro atoms. The van der Waals surface area contributed by atoms with Crippen LogP contribution in [0.3, 0.4) is 0 Å². The van der Waals surface area contributed by atoms with Crippen molar-refractivity contribution in [3.63, 3.8) is 0 Å². The maximum absolute atomic E-state index is 12.2. The number of nitrogens with one attached hydrogen (secondary N) is 1. The largest absolute Gasteiger partial charge is 0.464 e. The Morgan fingerprint density at radius 3 is 2.93 bits per heavy atom. The number of benzene rings is 1. The van der Waals surface area contributed by atoms with Gasteiger partial charge < -0.3 is 15.8 Å². The topological polar surface area (TPSA) is 173 Å². The van der Waals surface area contributed by atoms with E-state index in [1.54, 1.807) is 0 Å². The number of nitrogens with zero attached hydrogens (tertiary/aromatic N) is 4. The third-order valence-corrected chi connectivity index (χ3v) is 4.76. The van der Waals surface area contributed by atoms with Gasteiger partial charge in [0.1, 0.15) is 12.2 Å². The summed E-state index contributed by atoms with van der Waals surface area (Å²) in [5, 5.41) is 16.9. The Hall–Kier alpha value is -3.43. The summed E-state index contributed by atoms with van der Waals surface area (Å²) in [7, 11) is 0. The van der Waals surface area contributed by atoms with Crippen LogP contribution in [0.1, 0.15) is 42.5 Å². The number of nitrogens with two attached hydrogens (primary N) is 1. The van der Waals surface area contributed by atoms with Crippen LogP contribution in [0.2, 0.25) is 0 Å². The van der Waals surface area contributed by atoms with Crippen LogP contribution in [0.4, 0.5) is 11.4 Å². The van der Waals surface area contributed by atoms with Crippen LogP contribution in [0.5, 0.6) is 0 Å². The molecule has 3 N–H and O–H groups in total. The van der Waals surface area contributed by atoms with Crippen LogP contribution in [0.15, 0.2) is 35.5 Å². The number of nitro benzene ring substituents is 1. The van der Waals surface area contributed by atoms with Crippen LogP contribution in [-0.4, -0.2) is 36.0 Å². The minimum Gasteiger partial charge on any atom is -0.464 e. The van der Waals surface area contributed by atoms with Gasteiger partial charge in [-0.15, -0.1) is 0 Å². The molecule has 0 bridgehead atoms. The zero-order valence-electron chi connectivity index (χ0n) is 16.4. The molecular weight excluding hydrogens is 392 g/mol. The number of carbonyl (C=O) groups excluding carboxylic acids is 2. The summed E-state index contributed by atoms with van der Waals surface area (Å²) in [5.41, 5.74) is 13.9. The van der Waals surface area contributed by atoms with Gasteiger partial charge in [-0.25, -0.2) is 0 Å². The number of rotatable bonds is 8. The molecule has 0 aromatic heterocycles. The van der Waals surface area contributed by atoms with E-state index in [9.17, 15) is 19.7 Å². The quantitative estimate of drug-likeness (QED) is 0.0961. The Kier molecular flexibility index (Phi) is 8.79. The van der Waals surface area contributed by atoms with Crippen molar-refractivity contribution < 1.29 is 19.2 Å². The van der Waals surface area contributed by atoms with Gasteiger partial charge in [-0.2, -0.15) is 0 Å². The highest BCUT2D eigenvalue weighted by Crippen LogP contribution is 2.25. The third kappa shape index (κ3) is 6.87. The van der Waals surface area contributed by atoms with Gasteiger partial charge >= 0.3 is 5.97 Å². The lowest BCUT2D eigenvalue weighted by Gasteiger charge is -2.22. The van der Waals surface area contributed by atoms with E-state index in [4.69, 9.17) is 16.0 Å². The fraction of sp³-hybridized carbons (Fsp3) is 0.474. The first kappa shape index (κ1) is 22.9. The van der Waals surface area contributed by atoms with Gasteiger partial charge in [0.15, 0.2) is 0 Å². The maximum Gasteiger partial charge on any atom is 0.306 e. The number of ether oxygens (including phenoxy) is 1. The fourth-order valence-electron chi connectivity index (χ4n) is 3.18. The molecule has 0 aliphatic heterocycles. The van der Waals surface area contributed by atoms with Gasteiger partial charge in [-0.3, -0.25) is 19.7 Å². The Labute approximate surface area is 173 Å². The molecule has 160 valence electrons. The number of nitro groups is 1. The van der Waals surface area contributed by atoms with Crippen molar-refractivity contribution >= 4 is 23.3 Å². The number of allylic oxidation sites excluding steroid dienone is 1. The first-order valence-corrected chi connectivity index (χ1v) is 9.62. The number of hydrogen-bond donors (Lipinski definition) is 2. The Bertz CT molecular complexity index is 865. The SMILES string of the molecule is [N-]=[N+]=Nc1ccc(C(=O)NCCOC(=O)C[C@@H]2CCCC/C=C/[C@H]2N)c([N+](=O)[O-])c1. The van der Waals surface area contributed by atoms with Gasteiger partial charge in [0, 0.05) is 22.7 Å².